The Morgan fingerprint density at radius 1 is 1.43 bits per heavy atom. The van der Waals surface area contributed by atoms with Crippen molar-refractivity contribution < 1.29 is 4.79 Å². The lowest BCUT2D eigenvalue weighted by molar-refractivity contribution is 0.0909. The minimum atomic E-state index is -0.709. The van der Waals surface area contributed by atoms with Gasteiger partial charge in [0, 0.05) is 6.20 Å². The highest BCUT2D eigenvalue weighted by molar-refractivity contribution is 7.99. The third-order valence-corrected chi connectivity index (χ3v) is 5.44. The van der Waals surface area contributed by atoms with Crippen molar-refractivity contribution in [2.75, 3.05) is 11.5 Å². The van der Waals surface area contributed by atoms with Crippen molar-refractivity contribution in [1.29, 1.82) is 5.26 Å². The van der Waals surface area contributed by atoms with Crippen LogP contribution in [0.1, 0.15) is 55.1 Å². The Kier molecular flexibility index (Phi) is 4.20. The minimum absolute atomic E-state index is 0.222. The van der Waals surface area contributed by atoms with Crippen molar-refractivity contribution >= 4 is 17.7 Å². The topological polar surface area (TPSA) is 70.7 Å². The van der Waals surface area contributed by atoms with Gasteiger partial charge in [0.25, 0.3) is 5.91 Å². The normalized spacial score (nSPS) is 21.9. The molecule has 0 atom stereocenters. The molecular formula is C15H20N4OS. The van der Waals surface area contributed by atoms with Crippen molar-refractivity contribution in [2.45, 2.75) is 50.1 Å². The first kappa shape index (κ1) is 14.5. The second-order valence-corrected chi connectivity index (χ2v) is 7.10. The van der Waals surface area contributed by atoms with E-state index in [1.54, 1.807) is 6.07 Å². The first-order valence-electron chi connectivity index (χ1n) is 7.59. The lowest BCUT2D eigenvalue weighted by Gasteiger charge is -2.30. The Balaban J connectivity index is 1.69. The summed E-state index contributed by atoms with van der Waals surface area (Å²) in [4.78, 5) is 12.4. The van der Waals surface area contributed by atoms with E-state index in [2.05, 4.69) is 16.5 Å². The standard InChI is InChI=1S/C15H20N4OS/c16-11-15(6-9-21-10-7-15)17-14(20)13-5-8-19(18-13)12-3-1-2-4-12/h5,8,12H,1-4,6-7,9-10H2,(H,17,20). The summed E-state index contributed by atoms with van der Waals surface area (Å²) in [5.74, 6) is 1.62. The molecule has 21 heavy (non-hydrogen) atoms. The van der Waals surface area contributed by atoms with E-state index in [0.29, 0.717) is 24.6 Å². The van der Waals surface area contributed by atoms with Crippen LogP contribution in [0.4, 0.5) is 0 Å². The van der Waals surface area contributed by atoms with Crippen molar-refractivity contribution in [3.8, 4) is 6.07 Å². The first-order chi connectivity index (χ1) is 10.2. The summed E-state index contributed by atoms with van der Waals surface area (Å²) in [6.07, 6.45) is 8.07. The van der Waals surface area contributed by atoms with Crippen LogP contribution in [0.15, 0.2) is 12.3 Å². The molecule has 1 aromatic heterocycles. The van der Waals surface area contributed by atoms with Gasteiger partial charge >= 0.3 is 0 Å². The first-order valence-corrected chi connectivity index (χ1v) is 8.75. The van der Waals surface area contributed by atoms with Crippen molar-refractivity contribution in [2.24, 2.45) is 0 Å². The van der Waals surface area contributed by atoms with Crippen LogP contribution in [0.25, 0.3) is 0 Å². The number of aromatic nitrogens is 2. The van der Waals surface area contributed by atoms with Crippen LogP contribution in [-0.4, -0.2) is 32.7 Å². The fourth-order valence-electron chi connectivity index (χ4n) is 3.10. The third-order valence-electron chi connectivity index (χ3n) is 4.45. The van der Waals surface area contributed by atoms with Gasteiger partial charge < -0.3 is 5.32 Å². The van der Waals surface area contributed by atoms with Gasteiger partial charge in [0.15, 0.2) is 0 Å². The van der Waals surface area contributed by atoms with Gasteiger partial charge in [-0.25, -0.2) is 0 Å². The van der Waals surface area contributed by atoms with Gasteiger partial charge in [-0.15, -0.1) is 0 Å². The van der Waals surface area contributed by atoms with Crippen LogP contribution < -0.4 is 5.32 Å². The molecule has 0 unspecified atom stereocenters. The lowest BCUT2D eigenvalue weighted by atomic mass is 9.94. The predicted octanol–water partition coefficient (Wildman–Crippen LogP) is 2.52. The number of nitriles is 1. The molecule has 1 aliphatic heterocycles. The molecule has 0 radical (unpaired) electrons. The maximum Gasteiger partial charge on any atom is 0.273 e. The highest BCUT2D eigenvalue weighted by atomic mass is 32.2. The van der Waals surface area contributed by atoms with Crippen LogP contribution in [-0.2, 0) is 0 Å². The van der Waals surface area contributed by atoms with Crippen LogP contribution >= 0.6 is 11.8 Å². The number of hydrogen-bond donors (Lipinski definition) is 1. The molecular weight excluding hydrogens is 284 g/mol. The SMILES string of the molecule is N#CC1(NC(=O)c2ccn(C3CCCC3)n2)CCSCC1. The van der Waals surface area contributed by atoms with Crippen LogP contribution in [0.2, 0.25) is 0 Å². The van der Waals surface area contributed by atoms with Gasteiger partial charge in [-0.3, -0.25) is 9.48 Å². The van der Waals surface area contributed by atoms with E-state index in [9.17, 15) is 10.1 Å². The van der Waals surface area contributed by atoms with E-state index in [0.717, 1.165) is 24.3 Å². The number of hydrogen-bond acceptors (Lipinski definition) is 4. The number of amides is 1. The molecule has 1 N–H and O–H groups in total. The summed E-state index contributed by atoms with van der Waals surface area (Å²) in [5.41, 5.74) is -0.283. The lowest BCUT2D eigenvalue weighted by Crippen LogP contribution is -2.49. The van der Waals surface area contributed by atoms with E-state index >= 15 is 0 Å². The largest absolute Gasteiger partial charge is 0.332 e. The van der Waals surface area contributed by atoms with Gasteiger partial charge in [0.2, 0.25) is 0 Å². The second kappa shape index (κ2) is 6.10. The maximum absolute atomic E-state index is 12.4. The molecule has 1 aliphatic carbocycles. The molecule has 0 aromatic carbocycles. The van der Waals surface area contributed by atoms with Crippen LogP contribution in [0.5, 0.6) is 0 Å². The Hall–Kier alpha value is -1.48. The van der Waals surface area contributed by atoms with E-state index in [1.165, 1.54) is 12.8 Å². The molecule has 6 heteroatoms. The van der Waals surface area contributed by atoms with Gasteiger partial charge in [-0.2, -0.15) is 22.1 Å². The Morgan fingerprint density at radius 3 is 2.81 bits per heavy atom. The van der Waals surface area contributed by atoms with Gasteiger partial charge in [0.05, 0.1) is 12.1 Å². The molecule has 0 spiro atoms. The minimum Gasteiger partial charge on any atom is -0.332 e. The van der Waals surface area contributed by atoms with E-state index in [4.69, 9.17) is 0 Å². The molecule has 5 nitrogen and oxygen atoms in total. The number of rotatable bonds is 3. The highest BCUT2D eigenvalue weighted by Crippen LogP contribution is 2.29. The molecule has 3 rings (SSSR count). The van der Waals surface area contributed by atoms with E-state index in [-0.39, 0.29) is 5.91 Å². The summed E-state index contributed by atoms with van der Waals surface area (Å²) in [7, 11) is 0. The van der Waals surface area contributed by atoms with Crippen molar-refractivity contribution in [3.63, 3.8) is 0 Å². The Bertz CT molecular complexity index is 550. The van der Waals surface area contributed by atoms with Crippen molar-refractivity contribution in [3.05, 3.63) is 18.0 Å². The molecule has 2 aliphatic rings. The van der Waals surface area contributed by atoms with Crippen LogP contribution in [0.3, 0.4) is 0 Å². The zero-order valence-electron chi connectivity index (χ0n) is 12.0. The van der Waals surface area contributed by atoms with E-state index in [1.807, 2.05) is 22.6 Å². The zero-order valence-corrected chi connectivity index (χ0v) is 12.9. The second-order valence-electron chi connectivity index (χ2n) is 5.88. The molecule has 1 saturated carbocycles. The summed E-state index contributed by atoms with van der Waals surface area (Å²) in [6.45, 7) is 0. The number of nitrogens with one attached hydrogen (secondary N) is 1. The zero-order chi connectivity index (χ0) is 14.7. The molecule has 1 saturated heterocycles. The summed E-state index contributed by atoms with van der Waals surface area (Å²) in [6, 6.07) is 4.49. The molecule has 0 bridgehead atoms. The Labute approximate surface area is 129 Å². The molecule has 2 heterocycles. The quantitative estimate of drug-likeness (QED) is 0.931. The fraction of sp³-hybridized carbons (Fsp3) is 0.667. The molecule has 2 fully saturated rings. The smallest absolute Gasteiger partial charge is 0.273 e. The van der Waals surface area contributed by atoms with Gasteiger partial charge in [-0.1, -0.05) is 12.8 Å². The van der Waals surface area contributed by atoms with Crippen LogP contribution in [0, 0.1) is 11.3 Å². The molecule has 1 aromatic rings. The third kappa shape index (κ3) is 3.08. The Morgan fingerprint density at radius 2 is 2.14 bits per heavy atom. The van der Waals surface area contributed by atoms with Crippen molar-refractivity contribution in [1.82, 2.24) is 15.1 Å². The maximum atomic E-state index is 12.4. The average Bonchev–Trinajstić information content (AvgIpc) is 3.19. The molecule has 1 amide bonds. The highest BCUT2D eigenvalue weighted by Gasteiger charge is 2.34. The molecule has 112 valence electrons. The van der Waals surface area contributed by atoms with E-state index < -0.39 is 5.54 Å². The number of thioether (sulfide) groups is 1. The average molecular weight is 304 g/mol. The summed E-state index contributed by atoms with van der Waals surface area (Å²) >= 11 is 1.83. The van der Waals surface area contributed by atoms with Gasteiger partial charge in [-0.05, 0) is 43.3 Å². The number of nitrogens with zero attached hydrogens (tertiary/aromatic N) is 3. The fourth-order valence-corrected chi connectivity index (χ4v) is 4.29. The summed E-state index contributed by atoms with van der Waals surface area (Å²) in [5, 5.41) is 16.7. The number of carbonyl (C=O) groups excluding carboxylic acids is 1. The van der Waals surface area contributed by atoms with Gasteiger partial charge in [0.1, 0.15) is 11.2 Å². The summed E-state index contributed by atoms with van der Waals surface area (Å²) < 4.78 is 1.91. The predicted molar refractivity (Wildman–Crippen MR) is 82.1 cm³/mol. The number of carbonyl (C=O) groups is 1. The monoisotopic (exact) mass is 304 g/mol.